The van der Waals surface area contributed by atoms with E-state index in [2.05, 4.69) is 13.8 Å². The fraction of sp³-hybridized carbons (Fsp3) is 1.00. The van der Waals surface area contributed by atoms with Crippen molar-refractivity contribution < 1.29 is 14.2 Å². The van der Waals surface area contributed by atoms with Gasteiger partial charge in [-0.1, -0.05) is 52.4 Å². The second kappa shape index (κ2) is 21.9. The Kier molecular flexibility index (Phi) is 21.8. The molecule has 0 aromatic heterocycles. The molecule has 0 saturated carbocycles. The maximum atomic E-state index is 5.64. The van der Waals surface area contributed by atoms with Crippen molar-refractivity contribution in [1.29, 1.82) is 0 Å². The molecule has 0 radical (unpaired) electrons. The molecule has 0 bridgehead atoms. The average Bonchev–Trinajstić information content (AvgIpc) is 2.57. The molecular weight excluding hydrogens is 288 g/mol. The second-order valence-electron chi connectivity index (χ2n) is 6.37. The first-order valence-electron chi connectivity index (χ1n) is 10.1. The number of ether oxygens (including phenoxy) is 3. The standard InChI is InChI=1S/C20H42O3/c1-3-5-7-9-15-21-17-11-13-19-23-20-14-12-18-22-16-10-8-6-4-2/h3-20H2,1-2H3. The van der Waals surface area contributed by atoms with Gasteiger partial charge >= 0.3 is 0 Å². The van der Waals surface area contributed by atoms with Gasteiger partial charge in [0.15, 0.2) is 0 Å². The van der Waals surface area contributed by atoms with E-state index in [-0.39, 0.29) is 0 Å². The Morgan fingerprint density at radius 1 is 0.348 bits per heavy atom. The summed E-state index contributed by atoms with van der Waals surface area (Å²) in [6, 6.07) is 0. The van der Waals surface area contributed by atoms with Crippen molar-refractivity contribution in [3.63, 3.8) is 0 Å². The Morgan fingerprint density at radius 2 is 0.609 bits per heavy atom. The normalized spacial score (nSPS) is 11.2. The van der Waals surface area contributed by atoms with E-state index in [1.54, 1.807) is 0 Å². The third-order valence-corrected chi connectivity index (χ3v) is 3.94. The van der Waals surface area contributed by atoms with Crippen LogP contribution in [-0.2, 0) is 14.2 Å². The minimum absolute atomic E-state index is 0.872. The summed E-state index contributed by atoms with van der Waals surface area (Å²) in [5, 5.41) is 0. The average molecular weight is 331 g/mol. The zero-order valence-corrected chi connectivity index (χ0v) is 16.0. The van der Waals surface area contributed by atoms with E-state index in [1.165, 1.54) is 51.4 Å². The molecule has 3 nitrogen and oxygen atoms in total. The van der Waals surface area contributed by atoms with Gasteiger partial charge in [0.25, 0.3) is 0 Å². The predicted octanol–water partition coefficient (Wildman–Crippen LogP) is 5.76. The molecule has 0 aliphatic carbocycles. The quantitative estimate of drug-likeness (QED) is 0.266. The maximum absolute atomic E-state index is 5.64. The highest BCUT2D eigenvalue weighted by Gasteiger charge is 1.94. The molecule has 0 heterocycles. The summed E-state index contributed by atoms with van der Waals surface area (Å²) < 4.78 is 16.9. The highest BCUT2D eigenvalue weighted by molar-refractivity contribution is 4.44. The SMILES string of the molecule is CCCCCCOCCCCOCCCCOCCCCCC. The molecule has 0 aromatic carbocycles. The summed E-state index contributed by atoms with van der Waals surface area (Å²) in [4.78, 5) is 0. The van der Waals surface area contributed by atoms with Crippen molar-refractivity contribution >= 4 is 0 Å². The van der Waals surface area contributed by atoms with Crippen molar-refractivity contribution in [2.45, 2.75) is 90.9 Å². The Hall–Kier alpha value is -0.120. The fourth-order valence-corrected chi connectivity index (χ4v) is 2.38. The number of unbranched alkanes of at least 4 members (excludes halogenated alkanes) is 8. The van der Waals surface area contributed by atoms with Crippen molar-refractivity contribution in [2.24, 2.45) is 0 Å². The van der Waals surface area contributed by atoms with Gasteiger partial charge in [0.2, 0.25) is 0 Å². The van der Waals surface area contributed by atoms with Gasteiger partial charge in [-0.2, -0.15) is 0 Å². The van der Waals surface area contributed by atoms with E-state index in [0.29, 0.717) is 0 Å². The van der Waals surface area contributed by atoms with Crippen LogP contribution in [0.3, 0.4) is 0 Å². The molecule has 0 saturated heterocycles. The molecule has 0 N–H and O–H groups in total. The molecule has 0 fully saturated rings. The topological polar surface area (TPSA) is 27.7 Å². The van der Waals surface area contributed by atoms with Gasteiger partial charge in [-0.25, -0.2) is 0 Å². The van der Waals surface area contributed by atoms with Crippen molar-refractivity contribution in [3.8, 4) is 0 Å². The molecular formula is C20H42O3. The number of hydrogen-bond acceptors (Lipinski definition) is 3. The zero-order chi connectivity index (χ0) is 16.8. The first-order chi connectivity index (χ1) is 11.4. The number of hydrogen-bond donors (Lipinski definition) is 0. The van der Waals surface area contributed by atoms with Gasteiger partial charge in [0.1, 0.15) is 0 Å². The van der Waals surface area contributed by atoms with E-state index in [0.717, 1.165) is 65.3 Å². The summed E-state index contributed by atoms with van der Waals surface area (Å²) in [5.74, 6) is 0. The predicted molar refractivity (Wildman–Crippen MR) is 99.2 cm³/mol. The van der Waals surface area contributed by atoms with Crippen LogP contribution in [0.2, 0.25) is 0 Å². The van der Waals surface area contributed by atoms with Crippen LogP contribution in [0.25, 0.3) is 0 Å². The Bertz CT molecular complexity index is 177. The molecule has 0 unspecified atom stereocenters. The third-order valence-electron chi connectivity index (χ3n) is 3.94. The van der Waals surface area contributed by atoms with Crippen LogP contribution in [0.4, 0.5) is 0 Å². The van der Waals surface area contributed by atoms with Crippen molar-refractivity contribution in [2.75, 3.05) is 39.6 Å². The molecule has 0 amide bonds. The first kappa shape index (κ1) is 22.9. The summed E-state index contributed by atoms with van der Waals surface area (Å²) >= 11 is 0. The van der Waals surface area contributed by atoms with Gasteiger partial charge in [-0.15, -0.1) is 0 Å². The Labute approximate surface area is 145 Å². The molecule has 140 valence electrons. The molecule has 0 aromatic rings. The monoisotopic (exact) mass is 330 g/mol. The van der Waals surface area contributed by atoms with Gasteiger partial charge < -0.3 is 14.2 Å². The van der Waals surface area contributed by atoms with E-state index < -0.39 is 0 Å². The lowest BCUT2D eigenvalue weighted by molar-refractivity contribution is 0.0890. The smallest absolute Gasteiger partial charge is 0.0466 e. The Balaban J connectivity index is 2.92. The summed E-state index contributed by atoms with van der Waals surface area (Å²) in [5.41, 5.74) is 0. The lowest BCUT2D eigenvalue weighted by Gasteiger charge is -2.06. The fourth-order valence-electron chi connectivity index (χ4n) is 2.38. The molecule has 0 aliphatic heterocycles. The molecule has 0 atom stereocenters. The van der Waals surface area contributed by atoms with Gasteiger partial charge in [0.05, 0.1) is 0 Å². The Morgan fingerprint density at radius 3 is 0.870 bits per heavy atom. The molecule has 3 heteroatoms. The highest BCUT2D eigenvalue weighted by atomic mass is 16.5. The van der Waals surface area contributed by atoms with Crippen molar-refractivity contribution in [1.82, 2.24) is 0 Å². The van der Waals surface area contributed by atoms with E-state index in [1.807, 2.05) is 0 Å². The van der Waals surface area contributed by atoms with E-state index in [9.17, 15) is 0 Å². The van der Waals surface area contributed by atoms with Gasteiger partial charge in [-0.3, -0.25) is 0 Å². The van der Waals surface area contributed by atoms with Crippen LogP contribution in [0.1, 0.15) is 90.9 Å². The molecule has 23 heavy (non-hydrogen) atoms. The van der Waals surface area contributed by atoms with Crippen LogP contribution in [0.5, 0.6) is 0 Å². The second-order valence-corrected chi connectivity index (χ2v) is 6.37. The maximum Gasteiger partial charge on any atom is 0.0466 e. The van der Waals surface area contributed by atoms with E-state index >= 15 is 0 Å². The van der Waals surface area contributed by atoms with Crippen LogP contribution < -0.4 is 0 Å². The van der Waals surface area contributed by atoms with Gasteiger partial charge in [-0.05, 0) is 38.5 Å². The first-order valence-corrected chi connectivity index (χ1v) is 10.1. The zero-order valence-electron chi connectivity index (χ0n) is 16.0. The summed E-state index contributed by atoms with van der Waals surface area (Å²) in [7, 11) is 0. The van der Waals surface area contributed by atoms with Crippen LogP contribution in [0, 0.1) is 0 Å². The lowest BCUT2D eigenvalue weighted by Crippen LogP contribution is -2.03. The molecule has 0 aliphatic rings. The van der Waals surface area contributed by atoms with Crippen molar-refractivity contribution in [3.05, 3.63) is 0 Å². The largest absolute Gasteiger partial charge is 0.381 e. The minimum Gasteiger partial charge on any atom is -0.381 e. The number of rotatable bonds is 20. The summed E-state index contributed by atoms with van der Waals surface area (Å²) in [6.07, 6.45) is 14.8. The molecule has 0 rings (SSSR count). The summed E-state index contributed by atoms with van der Waals surface area (Å²) in [6.45, 7) is 9.86. The van der Waals surface area contributed by atoms with Gasteiger partial charge in [0, 0.05) is 39.6 Å². The minimum atomic E-state index is 0.872. The van der Waals surface area contributed by atoms with E-state index in [4.69, 9.17) is 14.2 Å². The van der Waals surface area contributed by atoms with Crippen LogP contribution >= 0.6 is 0 Å². The van der Waals surface area contributed by atoms with Crippen LogP contribution in [-0.4, -0.2) is 39.6 Å². The van der Waals surface area contributed by atoms with Crippen LogP contribution in [0.15, 0.2) is 0 Å². The molecule has 0 spiro atoms. The lowest BCUT2D eigenvalue weighted by atomic mass is 10.2. The highest BCUT2D eigenvalue weighted by Crippen LogP contribution is 2.01. The third kappa shape index (κ3) is 21.9.